The monoisotopic (exact) mass is 237 g/mol. The maximum absolute atomic E-state index is 11.5. The first kappa shape index (κ1) is 13.1. The van der Waals surface area contributed by atoms with E-state index in [-0.39, 0.29) is 31.5 Å². The average Bonchev–Trinajstić information content (AvgIpc) is 2.36. The minimum Gasteiger partial charge on any atom is -0.395 e. The van der Waals surface area contributed by atoms with E-state index in [4.69, 9.17) is 10.8 Å². The molecule has 0 bridgehead atoms. The third-order valence-electron chi connectivity index (χ3n) is 2.01. The van der Waals surface area contributed by atoms with Gasteiger partial charge in [0.05, 0.1) is 13.2 Å². The lowest BCUT2D eigenvalue weighted by atomic mass is 10.2. The van der Waals surface area contributed by atoms with E-state index in [9.17, 15) is 9.59 Å². The summed E-state index contributed by atoms with van der Waals surface area (Å²) in [6, 6.07) is 6.39. The number of aliphatic hydroxyl groups is 1. The molecule has 1 aromatic carbocycles. The third kappa shape index (κ3) is 4.21. The van der Waals surface area contributed by atoms with Gasteiger partial charge < -0.3 is 21.5 Å². The molecule has 0 heterocycles. The summed E-state index contributed by atoms with van der Waals surface area (Å²) in [7, 11) is 0. The van der Waals surface area contributed by atoms with Crippen molar-refractivity contribution >= 4 is 17.5 Å². The predicted molar refractivity (Wildman–Crippen MR) is 63.5 cm³/mol. The van der Waals surface area contributed by atoms with Gasteiger partial charge in [0.15, 0.2) is 0 Å². The van der Waals surface area contributed by atoms with Crippen LogP contribution in [-0.2, 0) is 4.79 Å². The second-order valence-electron chi connectivity index (χ2n) is 3.31. The van der Waals surface area contributed by atoms with E-state index in [1.165, 1.54) is 0 Å². The van der Waals surface area contributed by atoms with Crippen LogP contribution in [0.2, 0.25) is 0 Å². The Morgan fingerprint density at radius 1 is 1.24 bits per heavy atom. The van der Waals surface area contributed by atoms with E-state index in [1.54, 1.807) is 24.3 Å². The topological polar surface area (TPSA) is 104 Å². The zero-order valence-corrected chi connectivity index (χ0v) is 9.27. The number of hydrogen-bond donors (Lipinski definition) is 4. The van der Waals surface area contributed by atoms with E-state index in [2.05, 4.69) is 10.6 Å². The Hall–Kier alpha value is -1.92. The molecule has 5 N–H and O–H groups in total. The summed E-state index contributed by atoms with van der Waals surface area (Å²) >= 11 is 0. The van der Waals surface area contributed by atoms with Gasteiger partial charge in [-0.05, 0) is 24.3 Å². The molecule has 6 nitrogen and oxygen atoms in total. The molecule has 0 aliphatic carbocycles. The van der Waals surface area contributed by atoms with E-state index >= 15 is 0 Å². The Kier molecular flexibility index (Phi) is 5.12. The van der Waals surface area contributed by atoms with Crippen LogP contribution in [0.3, 0.4) is 0 Å². The number of hydrogen-bond acceptors (Lipinski definition) is 4. The lowest BCUT2D eigenvalue weighted by Gasteiger charge is -2.05. The van der Waals surface area contributed by atoms with Crippen LogP contribution in [0.4, 0.5) is 5.69 Å². The first-order chi connectivity index (χ1) is 8.17. The Morgan fingerprint density at radius 3 is 2.41 bits per heavy atom. The standard InChI is InChI=1S/C11H15N3O3/c12-7-10(16)14-9-3-1-8(2-4-9)11(17)13-5-6-15/h1-4,15H,5-7,12H2,(H,13,17)(H,14,16). The van der Waals surface area contributed by atoms with Gasteiger partial charge in [-0.3, -0.25) is 9.59 Å². The van der Waals surface area contributed by atoms with Crippen LogP contribution in [0.15, 0.2) is 24.3 Å². The smallest absolute Gasteiger partial charge is 0.251 e. The summed E-state index contributed by atoms with van der Waals surface area (Å²) in [5.74, 6) is -0.557. The molecular formula is C11H15N3O3. The molecule has 0 saturated heterocycles. The van der Waals surface area contributed by atoms with Gasteiger partial charge in [-0.2, -0.15) is 0 Å². The van der Waals surface area contributed by atoms with E-state index < -0.39 is 0 Å². The molecule has 1 aromatic rings. The van der Waals surface area contributed by atoms with Crippen LogP contribution < -0.4 is 16.4 Å². The fraction of sp³-hybridized carbons (Fsp3) is 0.273. The van der Waals surface area contributed by atoms with Gasteiger partial charge in [-0.15, -0.1) is 0 Å². The zero-order chi connectivity index (χ0) is 12.7. The molecule has 1 rings (SSSR count). The normalized spacial score (nSPS) is 9.76. The molecule has 0 spiro atoms. The Morgan fingerprint density at radius 2 is 1.88 bits per heavy atom. The van der Waals surface area contributed by atoms with Crippen molar-refractivity contribution in [1.82, 2.24) is 5.32 Å². The minimum absolute atomic E-state index is 0.0846. The number of benzene rings is 1. The number of anilines is 1. The fourth-order valence-corrected chi connectivity index (χ4v) is 1.19. The lowest BCUT2D eigenvalue weighted by molar-refractivity contribution is -0.114. The zero-order valence-electron chi connectivity index (χ0n) is 9.27. The van der Waals surface area contributed by atoms with Crippen molar-refractivity contribution in [3.8, 4) is 0 Å². The van der Waals surface area contributed by atoms with Crippen LogP contribution in [0.5, 0.6) is 0 Å². The molecule has 17 heavy (non-hydrogen) atoms. The first-order valence-corrected chi connectivity index (χ1v) is 5.16. The Labute approximate surface area is 98.8 Å². The second-order valence-corrected chi connectivity index (χ2v) is 3.31. The second kappa shape index (κ2) is 6.62. The number of amides is 2. The first-order valence-electron chi connectivity index (χ1n) is 5.16. The number of rotatable bonds is 5. The van der Waals surface area contributed by atoms with Gasteiger partial charge in [-0.1, -0.05) is 0 Å². The van der Waals surface area contributed by atoms with Gasteiger partial charge in [0.1, 0.15) is 0 Å². The molecule has 0 aliphatic rings. The van der Waals surface area contributed by atoms with Crippen LogP contribution in [-0.4, -0.2) is 36.6 Å². The Balaban J connectivity index is 2.61. The lowest BCUT2D eigenvalue weighted by Crippen LogP contribution is -2.26. The maximum Gasteiger partial charge on any atom is 0.251 e. The van der Waals surface area contributed by atoms with Crippen molar-refractivity contribution in [2.75, 3.05) is 25.0 Å². The molecule has 92 valence electrons. The molecule has 0 atom stereocenters. The fourth-order valence-electron chi connectivity index (χ4n) is 1.19. The largest absolute Gasteiger partial charge is 0.395 e. The summed E-state index contributed by atoms with van der Waals surface area (Å²) in [4.78, 5) is 22.5. The number of nitrogens with one attached hydrogen (secondary N) is 2. The van der Waals surface area contributed by atoms with Crippen LogP contribution in [0, 0.1) is 0 Å². The highest BCUT2D eigenvalue weighted by Crippen LogP contribution is 2.09. The maximum atomic E-state index is 11.5. The number of carbonyl (C=O) groups excluding carboxylic acids is 2. The van der Waals surface area contributed by atoms with Crippen molar-refractivity contribution < 1.29 is 14.7 Å². The minimum atomic E-state index is -0.289. The molecule has 2 amide bonds. The highest BCUT2D eigenvalue weighted by molar-refractivity contribution is 5.96. The summed E-state index contributed by atoms with van der Waals surface area (Å²) in [5, 5.41) is 13.6. The third-order valence-corrected chi connectivity index (χ3v) is 2.01. The van der Waals surface area contributed by atoms with Gasteiger partial charge in [-0.25, -0.2) is 0 Å². The molecular weight excluding hydrogens is 222 g/mol. The SMILES string of the molecule is NCC(=O)Nc1ccc(C(=O)NCCO)cc1. The van der Waals surface area contributed by atoms with Gasteiger partial charge in [0.2, 0.25) is 5.91 Å². The van der Waals surface area contributed by atoms with Crippen molar-refractivity contribution in [2.45, 2.75) is 0 Å². The van der Waals surface area contributed by atoms with Gasteiger partial charge in [0, 0.05) is 17.8 Å². The molecule has 6 heteroatoms. The van der Waals surface area contributed by atoms with E-state index in [0.717, 1.165) is 0 Å². The number of nitrogens with two attached hydrogens (primary N) is 1. The van der Waals surface area contributed by atoms with Crippen LogP contribution in [0.1, 0.15) is 10.4 Å². The van der Waals surface area contributed by atoms with Crippen molar-refractivity contribution in [2.24, 2.45) is 5.73 Å². The highest BCUT2D eigenvalue weighted by Gasteiger charge is 2.05. The number of carbonyl (C=O) groups is 2. The van der Waals surface area contributed by atoms with Gasteiger partial charge in [0.25, 0.3) is 5.91 Å². The van der Waals surface area contributed by atoms with Crippen molar-refractivity contribution in [1.29, 1.82) is 0 Å². The predicted octanol–water partition coefficient (Wildman–Crippen LogP) is -0.694. The molecule has 0 fully saturated rings. The highest BCUT2D eigenvalue weighted by atomic mass is 16.3. The molecule has 0 saturated carbocycles. The molecule has 0 aliphatic heterocycles. The van der Waals surface area contributed by atoms with Crippen molar-refractivity contribution in [3.63, 3.8) is 0 Å². The van der Waals surface area contributed by atoms with Crippen LogP contribution >= 0.6 is 0 Å². The number of aliphatic hydroxyl groups excluding tert-OH is 1. The Bertz CT molecular complexity index is 389. The van der Waals surface area contributed by atoms with E-state index in [0.29, 0.717) is 11.3 Å². The summed E-state index contributed by atoms with van der Waals surface area (Å²) in [6.07, 6.45) is 0. The van der Waals surface area contributed by atoms with Gasteiger partial charge >= 0.3 is 0 Å². The van der Waals surface area contributed by atoms with E-state index in [1.807, 2.05) is 0 Å². The summed E-state index contributed by atoms with van der Waals surface area (Å²) in [6.45, 7) is 0.0274. The molecule has 0 unspecified atom stereocenters. The van der Waals surface area contributed by atoms with Crippen molar-refractivity contribution in [3.05, 3.63) is 29.8 Å². The summed E-state index contributed by atoms with van der Waals surface area (Å²) in [5.41, 5.74) is 6.20. The van der Waals surface area contributed by atoms with Crippen LogP contribution in [0.25, 0.3) is 0 Å². The summed E-state index contributed by atoms with van der Waals surface area (Å²) < 4.78 is 0. The molecule has 0 radical (unpaired) electrons. The average molecular weight is 237 g/mol. The molecule has 0 aromatic heterocycles. The quantitative estimate of drug-likeness (QED) is 0.544.